The first-order valence-electron chi connectivity index (χ1n) is 9.00. The van der Waals surface area contributed by atoms with E-state index in [0.29, 0.717) is 5.75 Å². The summed E-state index contributed by atoms with van der Waals surface area (Å²) in [5.74, 6) is 0.0577. The molecule has 164 valence electrons. The van der Waals surface area contributed by atoms with Gasteiger partial charge in [0.25, 0.3) is 0 Å². The molecule has 1 N–H and O–H groups in total. The van der Waals surface area contributed by atoms with E-state index in [0.717, 1.165) is 40.4 Å². The molecule has 1 atom stereocenters. The third kappa shape index (κ3) is 6.65. The van der Waals surface area contributed by atoms with Crippen LogP contribution in [0.1, 0.15) is 18.1 Å². The minimum Gasteiger partial charge on any atom is -0.491 e. The van der Waals surface area contributed by atoms with E-state index in [1.165, 1.54) is 0 Å². The highest BCUT2D eigenvalue weighted by atomic mass is 32.2. The number of carbonyl (C=O) groups is 1. The van der Waals surface area contributed by atoms with Gasteiger partial charge in [0.1, 0.15) is 18.9 Å². The van der Waals surface area contributed by atoms with Crippen LogP contribution in [0.2, 0.25) is 0 Å². The van der Waals surface area contributed by atoms with Gasteiger partial charge in [-0.3, -0.25) is 9.10 Å². The first-order valence-corrected chi connectivity index (χ1v) is 10.9. The lowest BCUT2D eigenvalue weighted by atomic mass is 10.2. The Morgan fingerprint density at radius 1 is 1.13 bits per heavy atom. The summed E-state index contributed by atoms with van der Waals surface area (Å²) >= 11 is 0. The third-order valence-corrected chi connectivity index (χ3v) is 5.30. The van der Waals surface area contributed by atoms with Gasteiger partial charge in [0.15, 0.2) is 0 Å². The highest BCUT2D eigenvalue weighted by Gasteiger charge is 2.31. The zero-order valence-electron chi connectivity index (χ0n) is 16.7. The fourth-order valence-corrected chi connectivity index (χ4v) is 3.50. The van der Waals surface area contributed by atoms with Crippen LogP contribution in [0.5, 0.6) is 5.75 Å². The average molecular weight is 444 g/mol. The van der Waals surface area contributed by atoms with E-state index in [4.69, 9.17) is 4.74 Å². The lowest BCUT2D eigenvalue weighted by molar-refractivity contribution is -0.137. The molecule has 0 spiro atoms. The minimum absolute atomic E-state index is 0.0375. The highest BCUT2D eigenvalue weighted by Crippen LogP contribution is 2.30. The van der Waals surface area contributed by atoms with Crippen molar-refractivity contribution in [2.24, 2.45) is 0 Å². The Hall–Kier alpha value is -2.75. The molecule has 10 heteroatoms. The van der Waals surface area contributed by atoms with Crippen molar-refractivity contribution in [2.75, 3.05) is 23.7 Å². The number of benzene rings is 2. The van der Waals surface area contributed by atoms with Gasteiger partial charge in [-0.1, -0.05) is 18.2 Å². The van der Waals surface area contributed by atoms with E-state index in [9.17, 15) is 26.4 Å². The predicted molar refractivity (Wildman–Crippen MR) is 108 cm³/mol. The normalized spacial score (nSPS) is 12.9. The minimum atomic E-state index is -4.54. The summed E-state index contributed by atoms with van der Waals surface area (Å²) < 4.78 is 68.7. The summed E-state index contributed by atoms with van der Waals surface area (Å²) in [6.45, 7) is 3.17. The van der Waals surface area contributed by atoms with Crippen molar-refractivity contribution in [3.05, 3.63) is 59.7 Å². The first kappa shape index (κ1) is 23.5. The van der Waals surface area contributed by atoms with Gasteiger partial charge in [0.05, 0.1) is 23.5 Å². The Morgan fingerprint density at radius 3 is 2.27 bits per heavy atom. The van der Waals surface area contributed by atoms with Gasteiger partial charge < -0.3 is 10.1 Å². The second kappa shape index (κ2) is 9.38. The second-order valence-corrected chi connectivity index (χ2v) is 8.77. The number of amides is 1. The van der Waals surface area contributed by atoms with Crippen molar-refractivity contribution in [2.45, 2.75) is 26.1 Å². The maximum absolute atomic E-state index is 12.7. The Bertz CT molecular complexity index is 976. The van der Waals surface area contributed by atoms with Crippen molar-refractivity contribution in [3.8, 4) is 5.75 Å². The van der Waals surface area contributed by atoms with Gasteiger partial charge in [-0.05, 0) is 49.7 Å². The lowest BCUT2D eigenvalue weighted by Crippen LogP contribution is -2.44. The van der Waals surface area contributed by atoms with E-state index in [1.54, 1.807) is 13.0 Å². The number of nitrogens with zero attached hydrogens (tertiary/aromatic N) is 1. The SMILES string of the molecule is Cc1ccccc1OCC(C)NC(=O)CN(c1ccc(C(F)(F)F)cc1)S(C)(=O)=O. The largest absolute Gasteiger partial charge is 0.491 e. The van der Waals surface area contributed by atoms with Gasteiger partial charge >= 0.3 is 6.18 Å². The number of hydrogen-bond acceptors (Lipinski definition) is 4. The molecule has 0 aliphatic heterocycles. The molecule has 6 nitrogen and oxygen atoms in total. The van der Waals surface area contributed by atoms with Gasteiger partial charge in [-0.2, -0.15) is 13.2 Å². The zero-order valence-corrected chi connectivity index (χ0v) is 17.5. The van der Waals surface area contributed by atoms with Crippen molar-refractivity contribution in [1.82, 2.24) is 5.32 Å². The van der Waals surface area contributed by atoms with Crippen LogP contribution in [-0.2, 0) is 21.0 Å². The van der Waals surface area contributed by atoms with Gasteiger partial charge in [-0.25, -0.2) is 8.42 Å². The smallest absolute Gasteiger partial charge is 0.416 e. The number of halogens is 3. The van der Waals surface area contributed by atoms with Crippen LogP contribution in [-0.4, -0.2) is 39.8 Å². The van der Waals surface area contributed by atoms with E-state index in [1.807, 2.05) is 25.1 Å². The molecular weight excluding hydrogens is 421 g/mol. The molecule has 2 aromatic carbocycles. The molecular formula is C20H23F3N2O4S. The Morgan fingerprint density at radius 2 is 1.73 bits per heavy atom. The molecule has 0 saturated heterocycles. The zero-order chi connectivity index (χ0) is 22.5. The van der Waals surface area contributed by atoms with Crippen LogP contribution < -0.4 is 14.4 Å². The number of carbonyl (C=O) groups excluding carboxylic acids is 1. The van der Waals surface area contributed by atoms with Crippen LogP contribution in [0.4, 0.5) is 18.9 Å². The van der Waals surface area contributed by atoms with Crippen LogP contribution in [0.3, 0.4) is 0 Å². The maximum Gasteiger partial charge on any atom is 0.416 e. The first-order chi connectivity index (χ1) is 13.9. The predicted octanol–water partition coefficient (Wildman–Crippen LogP) is 3.36. The van der Waals surface area contributed by atoms with E-state index in [-0.39, 0.29) is 12.3 Å². The Kier molecular flexibility index (Phi) is 7.35. The van der Waals surface area contributed by atoms with Crippen molar-refractivity contribution < 1.29 is 31.1 Å². The third-order valence-electron chi connectivity index (χ3n) is 4.16. The molecule has 0 aliphatic rings. The molecule has 0 aliphatic carbocycles. The van der Waals surface area contributed by atoms with Crippen LogP contribution in [0.25, 0.3) is 0 Å². The summed E-state index contributed by atoms with van der Waals surface area (Å²) in [4.78, 5) is 12.3. The number of para-hydroxylation sites is 1. The number of ether oxygens (including phenoxy) is 1. The molecule has 2 rings (SSSR count). The fraction of sp³-hybridized carbons (Fsp3) is 0.350. The van der Waals surface area contributed by atoms with Crippen molar-refractivity contribution in [1.29, 1.82) is 0 Å². The summed E-state index contributed by atoms with van der Waals surface area (Å²) in [6, 6.07) is 10.5. The van der Waals surface area contributed by atoms with E-state index in [2.05, 4.69) is 5.32 Å². The van der Waals surface area contributed by atoms with Crippen LogP contribution in [0.15, 0.2) is 48.5 Å². The molecule has 1 amide bonds. The molecule has 2 aromatic rings. The molecule has 1 unspecified atom stereocenters. The number of aryl methyl sites for hydroxylation is 1. The summed E-state index contributed by atoms with van der Waals surface area (Å²) in [7, 11) is -3.90. The van der Waals surface area contributed by atoms with Gasteiger partial charge in [0.2, 0.25) is 15.9 Å². The number of hydrogen-bond donors (Lipinski definition) is 1. The van der Waals surface area contributed by atoms with E-state index >= 15 is 0 Å². The Balaban J connectivity index is 2.02. The van der Waals surface area contributed by atoms with Gasteiger partial charge in [-0.15, -0.1) is 0 Å². The summed E-state index contributed by atoms with van der Waals surface area (Å²) in [6.07, 6.45) is -3.67. The van der Waals surface area contributed by atoms with Gasteiger partial charge in [0, 0.05) is 0 Å². The van der Waals surface area contributed by atoms with E-state index < -0.39 is 40.3 Å². The standard InChI is InChI=1S/C20H23F3N2O4S/c1-14-6-4-5-7-18(14)29-13-15(2)24-19(26)12-25(30(3,27)28)17-10-8-16(9-11-17)20(21,22)23/h4-11,15H,12-13H2,1-3H3,(H,24,26). The molecule has 0 aromatic heterocycles. The lowest BCUT2D eigenvalue weighted by Gasteiger charge is -2.23. The molecule has 0 saturated carbocycles. The van der Waals surface area contributed by atoms with Crippen molar-refractivity contribution in [3.63, 3.8) is 0 Å². The molecule has 0 heterocycles. The molecule has 0 radical (unpaired) electrons. The molecule has 0 bridgehead atoms. The average Bonchev–Trinajstić information content (AvgIpc) is 2.64. The van der Waals surface area contributed by atoms with Crippen molar-refractivity contribution >= 4 is 21.6 Å². The fourth-order valence-electron chi connectivity index (χ4n) is 2.64. The number of rotatable bonds is 8. The Labute approximate surface area is 173 Å². The topological polar surface area (TPSA) is 75.7 Å². The summed E-state index contributed by atoms with van der Waals surface area (Å²) in [5.41, 5.74) is -0.0165. The summed E-state index contributed by atoms with van der Waals surface area (Å²) in [5, 5.41) is 2.63. The number of anilines is 1. The maximum atomic E-state index is 12.7. The van der Waals surface area contributed by atoms with Crippen LogP contribution >= 0.6 is 0 Å². The van der Waals surface area contributed by atoms with Crippen LogP contribution in [0, 0.1) is 6.92 Å². The monoisotopic (exact) mass is 444 g/mol. The molecule has 30 heavy (non-hydrogen) atoms. The quantitative estimate of drug-likeness (QED) is 0.678. The number of nitrogens with one attached hydrogen (secondary N) is 1. The second-order valence-electron chi connectivity index (χ2n) is 6.86. The molecule has 0 fully saturated rings. The number of sulfonamides is 1. The number of alkyl halides is 3. The highest BCUT2D eigenvalue weighted by molar-refractivity contribution is 7.92.